The molecule has 2 aromatic rings. The lowest BCUT2D eigenvalue weighted by Gasteiger charge is -2.18. The van der Waals surface area contributed by atoms with E-state index in [1.54, 1.807) is 12.1 Å². The highest BCUT2D eigenvalue weighted by atomic mass is 35.5. The number of H-pyrrole nitrogens is 1. The van der Waals surface area contributed by atoms with Gasteiger partial charge in [0.2, 0.25) is 0 Å². The van der Waals surface area contributed by atoms with Crippen molar-refractivity contribution in [3.63, 3.8) is 0 Å². The average molecular weight is 296 g/mol. The average Bonchev–Trinajstić information content (AvgIpc) is 2.89. The van der Waals surface area contributed by atoms with E-state index in [4.69, 9.17) is 23.2 Å². The molecule has 0 saturated heterocycles. The van der Waals surface area contributed by atoms with Crippen LogP contribution in [0.15, 0.2) is 18.2 Å². The number of nitrogens with one attached hydrogen (secondary N) is 1. The molecule has 3 rings (SSSR count). The molecule has 0 aliphatic heterocycles. The van der Waals surface area contributed by atoms with E-state index in [2.05, 4.69) is 15.2 Å². The second-order valence-corrected chi connectivity index (χ2v) is 5.85. The molecule has 1 heterocycles. The van der Waals surface area contributed by atoms with Crippen molar-refractivity contribution in [2.45, 2.75) is 38.0 Å². The molecular weight excluding hydrogens is 281 g/mol. The Kier molecular flexibility index (Phi) is 3.76. The molecule has 100 valence electrons. The summed E-state index contributed by atoms with van der Waals surface area (Å²) in [4.78, 5) is 4.60. The van der Waals surface area contributed by atoms with E-state index in [0.717, 1.165) is 11.4 Å². The second kappa shape index (κ2) is 5.51. The van der Waals surface area contributed by atoms with Crippen LogP contribution < -0.4 is 0 Å². The Bertz CT molecular complexity index is 574. The van der Waals surface area contributed by atoms with Gasteiger partial charge in [-0.25, -0.2) is 4.98 Å². The van der Waals surface area contributed by atoms with Crippen molar-refractivity contribution < 1.29 is 0 Å². The quantitative estimate of drug-likeness (QED) is 0.862. The Labute approximate surface area is 122 Å². The highest BCUT2D eigenvalue weighted by Crippen LogP contribution is 2.33. The van der Waals surface area contributed by atoms with Crippen LogP contribution in [-0.2, 0) is 0 Å². The van der Waals surface area contributed by atoms with E-state index in [1.165, 1.54) is 32.1 Å². The summed E-state index contributed by atoms with van der Waals surface area (Å²) in [7, 11) is 0. The minimum absolute atomic E-state index is 0.515. The molecule has 0 atom stereocenters. The number of benzene rings is 1. The van der Waals surface area contributed by atoms with Crippen LogP contribution in [0.3, 0.4) is 0 Å². The van der Waals surface area contributed by atoms with Gasteiger partial charge in [0.05, 0.1) is 5.02 Å². The van der Waals surface area contributed by atoms with Crippen molar-refractivity contribution in [1.29, 1.82) is 0 Å². The molecule has 0 amide bonds. The molecule has 1 saturated carbocycles. The maximum atomic E-state index is 6.18. The normalized spacial score (nSPS) is 16.7. The third kappa shape index (κ3) is 2.77. The molecule has 1 aliphatic rings. The van der Waals surface area contributed by atoms with Gasteiger partial charge in [-0.2, -0.15) is 5.10 Å². The first-order chi connectivity index (χ1) is 9.24. The highest BCUT2D eigenvalue weighted by Gasteiger charge is 2.20. The summed E-state index contributed by atoms with van der Waals surface area (Å²) in [5.74, 6) is 2.16. The zero-order valence-corrected chi connectivity index (χ0v) is 12.0. The van der Waals surface area contributed by atoms with Crippen LogP contribution in [0.2, 0.25) is 10.0 Å². The zero-order chi connectivity index (χ0) is 13.2. The molecule has 1 fully saturated rings. The molecule has 0 bridgehead atoms. The Morgan fingerprint density at radius 1 is 1.11 bits per heavy atom. The minimum Gasteiger partial charge on any atom is -0.262 e. The van der Waals surface area contributed by atoms with E-state index in [0.29, 0.717) is 21.8 Å². The van der Waals surface area contributed by atoms with Gasteiger partial charge in [-0.05, 0) is 31.0 Å². The van der Waals surface area contributed by atoms with E-state index < -0.39 is 0 Å². The fourth-order valence-electron chi connectivity index (χ4n) is 2.62. The van der Waals surface area contributed by atoms with Gasteiger partial charge in [0.25, 0.3) is 0 Å². The summed E-state index contributed by atoms with van der Waals surface area (Å²) in [6.07, 6.45) is 6.29. The smallest absolute Gasteiger partial charge is 0.182 e. The summed E-state index contributed by atoms with van der Waals surface area (Å²) in [5.41, 5.74) is 0.823. The minimum atomic E-state index is 0.515. The summed E-state index contributed by atoms with van der Waals surface area (Å²) in [5, 5.41) is 8.56. The van der Waals surface area contributed by atoms with E-state index >= 15 is 0 Å². The molecule has 19 heavy (non-hydrogen) atoms. The maximum absolute atomic E-state index is 6.18. The Hall–Kier alpha value is -1.06. The first kappa shape index (κ1) is 12.9. The van der Waals surface area contributed by atoms with Crippen molar-refractivity contribution in [3.8, 4) is 11.4 Å². The fraction of sp³-hybridized carbons (Fsp3) is 0.429. The van der Waals surface area contributed by atoms with Crippen LogP contribution in [0, 0.1) is 0 Å². The predicted octanol–water partition coefficient (Wildman–Crippen LogP) is 4.83. The van der Waals surface area contributed by atoms with Gasteiger partial charge in [-0.1, -0.05) is 42.5 Å². The van der Waals surface area contributed by atoms with Crippen LogP contribution in [0.25, 0.3) is 11.4 Å². The first-order valence-electron chi connectivity index (χ1n) is 6.62. The SMILES string of the molecule is Clc1ccc(-c2n[nH]c(C3CCCCC3)n2)c(Cl)c1. The van der Waals surface area contributed by atoms with Crippen LogP contribution in [0.4, 0.5) is 0 Å². The first-order valence-corrected chi connectivity index (χ1v) is 7.37. The Morgan fingerprint density at radius 3 is 2.63 bits per heavy atom. The standard InChI is InChI=1S/C14H15Cl2N3/c15-10-6-7-11(12(16)8-10)14-17-13(18-19-14)9-4-2-1-3-5-9/h6-9H,1-5H2,(H,17,18,19). The Morgan fingerprint density at radius 2 is 1.89 bits per heavy atom. The molecule has 0 radical (unpaired) electrons. The number of aromatic nitrogens is 3. The molecule has 0 unspecified atom stereocenters. The molecule has 1 N–H and O–H groups in total. The predicted molar refractivity (Wildman–Crippen MR) is 77.7 cm³/mol. The van der Waals surface area contributed by atoms with Crippen LogP contribution in [0.5, 0.6) is 0 Å². The van der Waals surface area contributed by atoms with Crippen LogP contribution >= 0.6 is 23.2 Å². The third-order valence-corrected chi connectivity index (χ3v) is 4.21. The summed E-state index contributed by atoms with van der Waals surface area (Å²) in [6, 6.07) is 5.38. The van der Waals surface area contributed by atoms with Gasteiger partial charge in [0.15, 0.2) is 5.82 Å². The molecular formula is C14H15Cl2N3. The highest BCUT2D eigenvalue weighted by molar-refractivity contribution is 6.36. The molecule has 5 heteroatoms. The van der Waals surface area contributed by atoms with E-state index in [-0.39, 0.29) is 0 Å². The number of halogens is 2. The fourth-order valence-corrected chi connectivity index (χ4v) is 3.12. The largest absolute Gasteiger partial charge is 0.262 e. The number of rotatable bonds is 2. The van der Waals surface area contributed by atoms with Crippen molar-refractivity contribution in [1.82, 2.24) is 15.2 Å². The number of nitrogens with zero attached hydrogens (tertiary/aromatic N) is 2. The number of aromatic amines is 1. The molecule has 0 spiro atoms. The lowest BCUT2D eigenvalue weighted by Crippen LogP contribution is -2.06. The summed E-state index contributed by atoms with van der Waals surface area (Å²) >= 11 is 12.1. The van der Waals surface area contributed by atoms with Crippen molar-refractivity contribution in [3.05, 3.63) is 34.1 Å². The molecule has 3 nitrogen and oxygen atoms in total. The molecule has 1 aromatic heterocycles. The lowest BCUT2D eigenvalue weighted by molar-refractivity contribution is 0.429. The lowest BCUT2D eigenvalue weighted by atomic mass is 9.89. The zero-order valence-electron chi connectivity index (χ0n) is 10.5. The van der Waals surface area contributed by atoms with Gasteiger partial charge < -0.3 is 0 Å². The van der Waals surface area contributed by atoms with Crippen molar-refractivity contribution >= 4 is 23.2 Å². The van der Waals surface area contributed by atoms with E-state index in [1.807, 2.05) is 6.07 Å². The number of hydrogen-bond donors (Lipinski definition) is 1. The maximum Gasteiger partial charge on any atom is 0.182 e. The molecule has 1 aliphatic carbocycles. The van der Waals surface area contributed by atoms with Gasteiger partial charge in [0.1, 0.15) is 5.82 Å². The van der Waals surface area contributed by atoms with Gasteiger partial charge in [-0.3, -0.25) is 5.10 Å². The van der Waals surface area contributed by atoms with Crippen LogP contribution in [0.1, 0.15) is 43.8 Å². The van der Waals surface area contributed by atoms with Crippen LogP contribution in [-0.4, -0.2) is 15.2 Å². The van der Waals surface area contributed by atoms with Gasteiger partial charge in [0, 0.05) is 16.5 Å². The van der Waals surface area contributed by atoms with Crippen molar-refractivity contribution in [2.24, 2.45) is 0 Å². The van der Waals surface area contributed by atoms with Gasteiger partial charge >= 0.3 is 0 Å². The van der Waals surface area contributed by atoms with Gasteiger partial charge in [-0.15, -0.1) is 0 Å². The second-order valence-electron chi connectivity index (χ2n) is 5.00. The third-order valence-electron chi connectivity index (χ3n) is 3.67. The summed E-state index contributed by atoms with van der Waals surface area (Å²) in [6.45, 7) is 0. The number of hydrogen-bond acceptors (Lipinski definition) is 2. The topological polar surface area (TPSA) is 41.6 Å². The molecule has 1 aromatic carbocycles. The summed E-state index contributed by atoms with van der Waals surface area (Å²) < 4.78 is 0. The monoisotopic (exact) mass is 295 g/mol. The van der Waals surface area contributed by atoms with Crippen molar-refractivity contribution in [2.75, 3.05) is 0 Å². The Balaban J connectivity index is 1.87. The van der Waals surface area contributed by atoms with E-state index in [9.17, 15) is 0 Å².